The van der Waals surface area contributed by atoms with Gasteiger partial charge in [-0.3, -0.25) is 0 Å². The number of aliphatic hydroxyl groups excluding tert-OH is 1. The number of hydrogen-bond donors (Lipinski definition) is 1. The van der Waals surface area contributed by atoms with Crippen molar-refractivity contribution in [2.45, 2.75) is 13.0 Å². The van der Waals surface area contributed by atoms with Gasteiger partial charge in [-0.15, -0.1) is 0 Å². The summed E-state index contributed by atoms with van der Waals surface area (Å²) in [5.74, 6) is -0.422. The van der Waals surface area contributed by atoms with Gasteiger partial charge in [0.05, 0.1) is 11.4 Å². The zero-order chi connectivity index (χ0) is 14.8. The standard InChI is InChI=1S/C17H15FN2O/c1-12-7-8-15(18)14(11-12)17(21)16-9-10-19-20(16)13-5-3-2-4-6-13/h2-11,17,21H,1H3. The molecule has 0 saturated heterocycles. The second-order valence-corrected chi connectivity index (χ2v) is 4.93. The fourth-order valence-corrected chi connectivity index (χ4v) is 2.34. The minimum Gasteiger partial charge on any atom is -0.382 e. The number of benzene rings is 2. The Balaban J connectivity index is 2.06. The van der Waals surface area contributed by atoms with Crippen LogP contribution in [0.4, 0.5) is 4.39 Å². The van der Waals surface area contributed by atoms with Crippen molar-refractivity contribution in [1.29, 1.82) is 0 Å². The molecule has 0 aliphatic heterocycles. The van der Waals surface area contributed by atoms with Crippen LogP contribution in [-0.2, 0) is 0 Å². The van der Waals surface area contributed by atoms with Gasteiger partial charge in [0.15, 0.2) is 0 Å². The van der Waals surface area contributed by atoms with Crippen molar-refractivity contribution in [2.24, 2.45) is 0 Å². The molecule has 1 atom stereocenters. The number of aliphatic hydroxyl groups is 1. The number of aryl methyl sites for hydroxylation is 1. The van der Waals surface area contributed by atoms with Gasteiger partial charge >= 0.3 is 0 Å². The average Bonchev–Trinajstić information content (AvgIpc) is 2.99. The van der Waals surface area contributed by atoms with Gasteiger partial charge in [-0.2, -0.15) is 5.10 Å². The second-order valence-electron chi connectivity index (χ2n) is 4.93. The smallest absolute Gasteiger partial charge is 0.129 e. The van der Waals surface area contributed by atoms with Gasteiger partial charge < -0.3 is 5.11 Å². The third-order valence-corrected chi connectivity index (χ3v) is 3.40. The van der Waals surface area contributed by atoms with Gasteiger partial charge in [0.2, 0.25) is 0 Å². The molecule has 0 spiro atoms. The molecule has 0 fully saturated rings. The maximum atomic E-state index is 14.0. The fraction of sp³-hybridized carbons (Fsp3) is 0.118. The SMILES string of the molecule is Cc1ccc(F)c(C(O)c2ccnn2-c2ccccc2)c1. The number of hydrogen-bond acceptors (Lipinski definition) is 2. The molecule has 2 aromatic carbocycles. The number of para-hydroxylation sites is 1. The Labute approximate surface area is 122 Å². The molecule has 1 heterocycles. The van der Waals surface area contributed by atoms with E-state index in [1.807, 2.05) is 37.3 Å². The molecule has 3 aromatic rings. The normalized spacial score (nSPS) is 12.3. The first-order valence-electron chi connectivity index (χ1n) is 6.70. The molecule has 3 nitrogen and oxygen atoms in total. The van der Waals surface area contributed by atoms with E-state index in [1.165, 1.54) is 6.07 Å². The molecular weight excluding hydrogens is 267 g/mol. The highest BCUT2D eigenvalue weighted by molar-refractivity contribution is 5.36. The van der Waals surface area contributed by atoms with E-state index in [9.17, 15) is 9.50 Å². The van der Waals surface area contributed by atoms with Gasteiger partial charge in [0, 0.05) is 11.8 Å². The molecule has 1 aromatic heterocycles. The monoisotopic (exact) mass is 282 g/mol. The van der Waals surface area contributed by atoms with Crippen LogP contribution in [0.1, 0.15) is 22.9 Å². The zero-order valence-electron chi connectivity index (χ0n) is 11.6. The highest BCUT2D eigenvalue weighted by Gasteiger charge is 2.19. The van der Waals surface area contributed by atoms with Crippen LogP contribution in [0, 0.1) is 12.7 Å². The first-order chi connectivity index (χ1) is 10.2. The molecule has 0 bridgehead atoms. The molecule has 3 rings (SSSR count). The van der Waals surface area contributed by atoms with Crippen LogP contribution in [0.15, 0.2) is 60.8 Å². The van der Waals surface area contributed by atoms with Crippen molar-refractivity contribution in [3.05, 3.63) is 83.4 Å². The lowest BCUT2D eigenvalue weighted by Gasteiger charge is -2.15. The van der Waals surface area contributed by atoms with Crippen molar-refractivity contribution in [1.82, 2.24) is 9.78 Å². The lowest BCUT2D eigenvalue weighted by molar-refractivity contribution is 0.206. The quantitative estimate of drug-likeness (QED) is 0.799. The van der Waals surface area contributed by atoms with Gasteiger partial charge in [-0.1, -0.05) is 35.9 Å². The maximum Gasteiger partial charge on any atom is 0.129 e. The highest BCUT2D eigenvalue weighted by atomic mass is 19.1. The minimum atomic E-state index is -1.06. The zero-order valence-corrected chi connectivity index (χ0v) is 11.6. The molecule has 0 radical (unpaired) electrons. The molecule has 0 amide bonds. The Morgan fingerprint density at radius 3 is 2.62 bits per heavy atom. The third kappa shape index (κ3) is 2.58. The molecule has 1 unspecified atom stereocenters. The maximum absolute atomic E-state index is 14.0. The summed E-state index contributed by atoms with van der Waals surface area (Å²) in [6.07, 6.45) is 0.534. The minimum absolute atomic E-state index is 0.257. The van der Waals surface area contributed by atoms with Crippen LogP contribution in [0.2, 0.25) is 0 Å². The Bertz CT molecular complexity index is 752. The van der Waals surface area contributed by atoms with Crippen molar-refractivity contribution in [2.75, 3.05) is 0 Å². The lowest BCUT2D eigenvalue weighted by Crippen LogP contribution is -2.10. The Morgan fingerprint density at radius 1 is 1.10 bits per heavy atom. The van der Waals surface area contributed by atoms with E-state index in [0.29, 0.717) is 5.69 Å². The first-order valence-corrected chi connectivity index (χ1v) is 6.70. The van der Waals surface area contributed by atoms with Crippen LogP contribution in [0.3, 0.4) is 0 Å². The number of nitrogens with zero attached hydrogens (tertiary/aromatic N) is 2. The van der Waals surface area contributed by atoms with Crippen molar-refractivity contribution < 1.29 is 9.50 Å². The topological polar surface area (TPSA) is 38.1 Å². The summed E-state index contributed by atoms with van der Waals surface area (Å²) < 4.78 is 15.6. The van der Waals surface area contributed by atoms with E-state index in [4.69, 9.17) is 0 Å². The summed E-state index contributed by atoms with van der Waals surface area (Å²) in [5.41, 5.74) is 2.51. The molecular formula is C17H15FN2O. The van der Waals surface area contributed by atoms with Crippen LogP contribution in [0.25, 0.3) is 5.69 Å². The Morgan fingerprint density at radius 2 is 1.86 bits per heavy atom. The third-order valence-electron chi connectivity index (χ3n) is 3.40. The number of aromatic nitrogens is 2. The fourth-order valence-electron chi connectivity index (χ4n) is 2.34. The Kier molecular flexibility index (Phi) is 3.54. The van der Waals surface area contributed by atoms with Gasteiger partial charge in [-0.25, -0.2) is 9.07 Å². The highest BCUT2D eigenvalue weighted by Crippen LogP contribution is 2.26. The van der Waals surface area contributed by atoms with Gasteiger partial charge in [0.1, 0.15) is 11.9 Å². The predicted octanol–water partition coefficient (Wildman–Crippen LogP) is 3.40. The summed E-state index contributed by atoms with van der Waals surface area (Å²) in [4.78, 5) is 0. The molecule has 4 heteroatoms. The lowest BCUT2D eigenvalue weighted by atomic mass is 10.0. The largest absolute Gasteiger partial charge is 0.382 e. The summed E-state index contributed by atoms with van der Waals surface area (Å²) in [5, 5.41) is 14.7. The van der Waals surface area contributed by atoms with Crippen LogP contribution in [-0.4, -0.2) is 14.9 Å². The average molecular weight is 282 g/mol. The summed E-state index contributed by atoms with van der Waals surface area (Å²) in [6.45, 7) is 1.87. The first kappa shape index (κ1) is 13.5. The number of halogens is 1. The van der Waals surface area contributed by atoms with E-state index in [-0.39, 0.29) is 5.56 Å². The van der Waals surface area contributed by atoms with Crippen molar-refractivity contribution in [3.63, 3.8) is 0 Å². The Hall–Kier alpha value is -2.46. The summed E-state index contributed by atoms with van der Waals surface area (Å²) in [6, 6.07) is 15.9. The van der Waals surface area contributed by atoms with E-state index < -0.39 is 11.9 Å². The van der Waals surface area contributed by atoms with Crippen LogP contribution in [0.5, 0.6) is 0 Å². The predicted molar refractivity (Wildman–Crippen MR) is 78.8 cm³/mol. The summed E-state index contributed by atoms with van der Waals surface area (Å²) in [7, 11) is 0. The molecule has 0 aliphatic carbocycles. The molecule has 0 aliphatic rings. The van der Waals surface area contributed by atoms with Crippen molar-refractivity contribution >= 4 is 0 Å². The van der Waals surface area contributed by atoms with Crippen LogP contribution >= 0.6 is 0 Å². The van der Waals surface area contributed by atoms with Gasteiger partial charge in [0.25, 0.3) is 0 Å². The van der Waals surface area contributed by atoms with E-state index in [1.54, 1.807) is 29.1 Å². The number of rotatable bonds is 3. The summed E-state index contributed by atoms with van der Waals surface area (Å²) >= 11 is 0. The van der Waals surface area contributed by atoms with E-state index in [2.05, 4.69) is 5.10 Å². The van der Waals surface area contributed by atoms with E-state index >= 15 is 0 Å². The molecule has 106 valence electrons. The molecule has 21 heavy (non-hydrogen) atoms. The van der Waals surface area contributed by atoms with Gasteiger partial charge in [-0.05, 0) is 31.2 Å². The second kappa shape index (κ2) is 5.50. The molecule has 0 saturated carbocycles. The van der Waals surface area contributed by atoms with Crippen molar-refractivity contribution in [3.8, 4) is 5.69 Å². The molecule has 1 N–H and O–H groups in total. The van der Waals surface area contributed by atoms with E-state index in [0.717, 1.165) is 11.3 Å². The van der Waals surface area contributed by atoms with Crippen LogP contribution < -0.4 is 0 Å².